The third-order valence-electron chi connectivity index (χ3n) is 5.85. The van der Waals surface area contributed by atoms with Gasteiger partial charge in [-0.05, 0) is 63.5 Å². The van der Waals surface area contributed by atoms with Gasteiger partial charge in [-0.2, -0.15) is 18.2 Å². The van der Waals surface area contributed by atoms with Gasteiger partial charge in [0.1, 0.15) is 11.4 Å². The summed E-state index contributed by atoms with van der Waals surface area (Å²) in [5.74, 6) is -0.186. The lowest BCUT2D eigenvalue weighted by Crippen LogP contribution is -2.39. The molecular weight excluding hydrogens is 431 g/mol. The number of hydrogen-bond donors (Lipinski definition) is 2. The number of aromatic nitrogens is 2. The summed E-state index contributed by atoms with van der Waals surface area (Å²) >= 11 is 0. The number of nitrogens with one attached hydrogen (secondary N) is 2. The smallest absolute Gasteiger partial charge is 0.365 e. The Kier molecular flexibility index (Phi) is 5.59. The van der Waals surface area contributed by atoms with Crippen LogP contribution >= 0.6 is 0 Å². The molecule has 0 spiro atoms. The largest absolute Gasteiger partial charge is 0.421 e. The minimum Gasteiger partial charge on any atom is -0.365 e. The van der Waals surface area contributed by atoms with Crippen LogP contribution in [0.15, 0.2) is 29.3 Å². The fourth-order valence-electron chi connectivity index (χ4n) is 4.30. The minimum absolute atomic E-state index is 0.00991. The zero-order chi connectivity index (χ0) is 22.4. The van der Waals surface area contributed by atoms with Gasteiger partial charge in [-0.1, -0.05) is 0 Å². The maximum Gasteiger partial charge on any atom is 0.421 e. The van der Waals surface area contributed by atoms with Crippen LogP contribution in [-0.4, -0.2) is 55.2 Å². The molecule has 1 aromatic heterocycles. The molecule has 1 saturated carbocycles. The fourth-order valence-corrected chi connectivity index (χ4v) is 5.85. The van der Waals surface area contributed by atoms with Crippen LogP contribution in [0.1, 0.15) is 30.4 Å². The molecule has 0 unspecified atom stereocenters. The first kappa shape index (κ1) is 21.8. The first-order valence-electron chi connectivity index (χ1n) is 10.0. The highest BCUT2D eigenvalue weighted by Gasteiger charge is 2.37. The monoisotopic (exact) mass is 455 g/mol. The van der Waals surface area contributed by atoms with Crippen molar-refractivity contribution >= 4 is 27.3 Å². The predicted octanol–water partition coefficient (Wildman–Crippen LogP) is 3.46. The van der Waals surface area contributed by atoms with Gasteiger partial charge in [0.15, 0.2) is 9.84 Å². The summed E-state index contributed by atoms with van der Waals surface area (Å²) < 4.78 is 64.6. The SMILES string of the molecule is CN(C)[C@@H]1CCC[C@H]1Nc1nc(Nc2ccc3c(c2)CCS3(=O)=O)ncc1C(F)(F)F. The Labute approximate surface area is 179 Å². The van der Waals surface area contributed by atoms with E-state index in [9.17, 15) is 21.6 Å². The van der Waals surface area contributed by atoms with Crippen molar-refractivity contribution in [1.29, 1.82) is 0 Å². The molecule has 31 heavy (non-hydrogen) atoms. The number of hydrogen-bond acceptors (Lipinski definition) is 7. The van der Waals surface area contributed by atoms with Crippen molar-refractivity contribution in [2.24, 2.45) is 0 Å². The number of halogens is 3. The van der Waals surface area contributed by atoms with E-state index in [1.54, 1.807) is 12.1 Å². The molecule has 0 bridgehead atoms. The Morgan fingerprint density at radius 3 is 2.68 bits per heavy atom. The standard InChI is InChI=1S/C20H24F3N5O2S/c1-28(2)16-5-3-4-15(16)26-18-14(20(21,22)23)11-24-19(27-18)25-13-6-7-17-12(10-13)8-9-31(17,29)30/h6-7,10-11,15-16H,3-5,8-9H2,1-2H3,(H2,24,25,26,27)/t15-,16-/m1/s1. The van der Waals surface area contributed by atoms with E-state index >= 15 is 0 Å². The molecule has 2 N–H and O–H groups in total. The summed E-state index contributed by atoms with van der Waals surface area (Å²) in [6.45, 7) is 0. The van der Waals surface area contributed by atoms with Crippen molar-refractivity contribution in [2.75, 3.05) is 30.5 Å². The zero-order valence-electron chi connectivity index (χ0n) is 17.2. The van der Waals surface area contributed by atoms with Gasteiger partial charge in [-0.15, -0.1) is 0 Å². The van der Waals surface area contributed by atoms with Crippen LogP contribution in [0, 0.1) is 0 Å². The second kappa shape index (κ2) is 7.94. The molecule has 1 fully saturated rings. The van der Waals surface area contributed by atoms with Gasteiger partial charge in [0.05, 0.1) is 10.6 Å². The van der Waals surface area contributed by atoms with E-state index < -0.39 is 21.6 Å². The van der Waals surface area contributed by atoms with Crippen LogP contribution in [0.3, 0.4) is 0 Å². The Balaban J connectivity index is 1.62. The molecule has 1 aliphatic heterocycles. The highest BCUT2D eigenvalue weighted by molar-refractivity contribution is 7.91. The van der Waals surface area contributed by atoms with Crippen LogP contribution in [-0.2, 0) is 22.4 Å². The lowest BCUT2D eigenvalue weighted by atomic mass is 10.1. The zero-order valence-corrected chi connectivity index (χ0v) is 18.0. The molecule has 2 aromatic rings. The molecule has 0 amide bonds. The average Bonchev–Trinajstić information content (AvgIpc) is 3.25. The first-order valence-corrected chi connectivity index (χ1v) is 11.7. The molecular formula is C20H24F3N5O2S. The van der Waals surface area contributed by atoms with E-state index in [4.69, 9.17) is 0 Å². The van der Waals surface area contributed by atoms with Crippen LogP contribution < -0.4 is 10.6 Å². The third-order valence-corrected chi connectivity index (χ3v) is 7.66. The van der Waals surface area contributed by atoms with Crippen molar-refractivity contribution in [3.8, 4) is 0 Å². The number of anilines is 3. The summed E-state index contributed by atoms with van der Waals surface area (Å²) in [7, 11) is 0.578. The van der Waals surface area contributed by atoms with Gasteiger partial charge in [0, 0.05) is 24.0 Å². The molecule has 11 heteroatoms. The van der Waals surface area contributed by atoms with Crippen LogP contribution in [0.5, 0.6) is 0 Å². The molecule has 0 saturated heterocycles. The third kappa shape index (κ3) is 4.47. The average molecular weight is 456 g/mol. The maximum absolute atomic E-state index is 13.6. The van der Waals surface area contributed by atoms with Crippen molar-refractivity contribution in [2.45, 2.75) is 48.8 Å². The number of aryl methyl sites for hydroxylation is 1. The predicted molar refractivity (Wildman–Crippen MR) is 111 cm³/mol. The number of benzene rings is 1. The lowest BCUT2D eigenvalue weighted by Gasteiger charge is -2.28. The molecule has 0 radical (unpaired) electrons. The highest BCUT2D eigenvalue weighted by atomic mass is 32.2. The Bertz CT molecular complexity index is 1090. The van der Waals surface area contributed by atoms with Crippen molar-refractivity contribution in [3.05, 3.63) is 35.5 Å². The number of rotatable bonds is 5. The number of sulfone groups is 1. The molecule has 2 aliphatic rings. The van der Waals surface area contributed by atoms with Crippen LogP contribution in [0.25, 0.3) is 0 Å². The lowest BCUT2D eigenvalue weighted by molar-refractivity contribution is -0.137. The maximum atomic E-state index is 13.6. The van der Waals surface area contributed by atoms with E-state index in [-0.39, 0.29) is 29.6 Å². The Morgan fingerprint density at radius 1 is 1.19 bits per heavy atom. The van der Waals surface area contributed by atoms with Gasteiger partial charge < -0.3 is 15.5 Å². The summed E-state index contributed by atoms with van der Waals surface area (Å²) in [5.41, 5.74) is 0.283. The second-order valence-corrected chi connectivity index (χ2v) is 10.3. The van der Waals surface area contributed by atoms with Gasteiger partial charge in [0.25, 0.3) is 0 Å². The quantitative estimate of drug-likeness (QED) is 0.714. The summed E-state index contributed by atoms with van der Waals surface area (Å²) in [5, 5.41) is 5.90. The minimum atomic E-state index is -4.59. The number of nitrogens with zero attached hydrogens (tertiary/aromatic N) is 3. The number of likely N-dealkylation sites (N-methyl/N-ethyl adjacent to an activating group) is 1. The van der Waals surface area contributed by atoms with Gasteiger partial charge in [0.2, 0.25) is 5.95 Å². The summed E-state index contributed by atoms with van der Waals surface area (Å²) in [6, 6.07) is 4.71. The molecule has 168 valence electrons. The van der Waals surface area contributed by atoms with Gasteiger partial charge in [-0.3, -0.25) is 0 Å². The van der Waals surface area contributed by atoms with E-state index in [0.717, 1.165) is 25.5 Å². The molecule has 7 nitrogen and oxygen atoms in total. The van der Waals surface area contributed by atoms with Gasteiger partial charge >= 0.3 is 6.18 Å². The van der Waals surface area contributed by atoms with Crippen LogP contribution in [0.4, 0.5) is 30.6 Å². The highest BCUT2D eigenvalue weighted by Crippen LogP contribution is 2.36. The van der Waals surface area contributed by atoms with Crippen molar-refractivity contribution in [1.82, 2.24) is 14.9 Å². The normalized spacial score (nSPS) is 22.5. The molecule has 1 aromatic carbocycles. The molecule has 4 rings (SSSR count). The van der Waals surface area contributed by atoms with Crippen LogP contribution in [0.2, 0.25) is 0 Å². The van der Waals surface area contributed by atoms with E-state index in [0.29, 0.717) is 22.6 Å². The number of fused-ring (bicyclic) bond motifs is 1. The summed E-state index contributed by atoms with van der Waals surface area (Å²) in [6.07, 6.45) is -0.825. The van der Waals surface area contributed by atoms with Gasteiger partial charge in [-0.25, -0.2) is 13.4 Å². The Morgan fingerprint density at radius 2 is 1.97 bits per heavy atom. The topological polar surface area (TPSA) is 87.2 Å². The first-order chi connectivity index (χ1) is 14.5. The van der Waals surface area contributed by atoms with E-state index in [2.05, 4.69) is 20.6 Å². The van der Waals surface area contributed by atoms with E-state index in [1.165, 1.54) is 6.07 Å². The molecule has 2 heterocycles. The summed E-state index contributed by atoms with van der Waals surface area (Å²) in [4.78, 5) is 10.3. The molecule has 2 atom stereocenters. The van der Waals surface area contributed by atoms with Crippen molar-refractivity contribution in [3.63, 3.8) is 0 Å². The van der Waals surface area contributed by atoms with Crippen molar-refractivity contribution < 1.29 is 21.6 Å². The number of alkyl halides is 3. The Hall–Kier alpha value is -2.40. The second-order valence-electron chi connectivity index (χ2n) is 8.18. The van der Waals surface area contributed by atoms with E-state index in [1.807, 2.05) is 19.0 Å². The molecule has 1 aliphatic carbocycles. The fraction of sp³-hybridized carbons (Fsp3) is 0.500.